The average Bonchev–Trinajstić information content (AvgIpc) is 2.93. The van der Waals surface area contributed by atoms with Crippen LogP contribution in [0, 0.1) is 0 Å². The van der Waals surface area contributed by atoms with Crippen LogP contribution in [0.2, 0.25) is 5.02 Å². The minimum absolute atomic E-state index is 0.235. The van der Waals surface area contributed by atoms with Gasteiger partial charge in [0.2, 0.25) is 0 Å². The second kappa shape index (κ2) is 8.99. The summed E-state index contributed by atoms with van der Waals surface area (Å²) < 4.78 is 6.87. The Bertz CT molecular complexity index is 658. The van der Waals surface area contributed by atoms with E-state index in [0.717, 1.165) is 46.6 Å². The van der Waals surface area contributed by atoms with E-state index in [1.807, 2.05) is 24.3 Å². The molecule has 1 aromatic carbocycles. The summed E-state index contributed by atoms with van der Waals surface area (Å²) in [5, 5.41) is 1.71. The summed E-state index contributed by atoms with van der Waals surface area (Å²) in [6.45, 7) is 2.88. The SMILES string of the molecule is CCCSc1ncc(CC(=O)OC)n1CCc1ccccc1Cl. The number of thioether (sulfide) groups is 1. The molecule has 124 valence electrons. The number of carbonyl (C=O) groups excluding carboxylic acids is 1. The van der Waals surface area contributed by atoms with Crippen molar-refractivity contribution in [3.63, 3.8) is 0 Å². The molecule has 1 heterocycles. The quantitative estimate of drug-likeness (QED) is 0.532. The van der Waals surface area contributed by atoms with Crippen molar-refractivity contribution in [2.75, 3.05) is 12.9 Å². The van der Waals surface area contributed by atoms with E-state index < -0.39 is 0 Å². The third-order valence-electron chi connectivity index (χ3n) is 3.45. The molecular formula is C17H21ClN2O2S. The number of halogens is 1. The molecule has 0 atom stereocenters. The fourth-order valence-corrected chi connectivity index (χ4v) is 3.34. The maximum atomic E-state index is 11.6. The molecule has 0 saturated heterocycles. The van der Waals surface area contributed by atoms with Crippen molar-refractivity contribution < 1.29 is 9.53 Å². The van der Waals surface area contributed by atoms with Gasteiger partial charge in [-0.1, -0.05) is 48.5 Å². The summed E-state index contributed by atoms with van der Waals surface area (Å²) in [5.74, 6) is 0.747. The molecule has 2 aromatic rings. The average molecular weight is 353 g/mol. The van der Waals surface area contributed by atoms with Gasteiger partial charge in [-0.3, -0.25) is 4.79 Å². The second-order valence-corrected chi connectivity index (χ2v) is 6.60. The Morgan fingerprint density at radius 1 is 1.39 bits per heavy atom. The van der Waals surface area contributed by atoms with Crippen molar-refractivity contribution in [3.8, 4) is 0 Å². The number of rotatable bonds is 8. The minimum atomic E-state index is -0.254. The molecule has 0 amide bonds. The maximum absolute atomic E-state index is 11.6. The zero-order valence-corrected chi connectivity index (χ0v) is 15.0. The van der Waals surface area contributed by atoms with Gasteiger partial charge in [-0.2, -0.15) is 0 Å². The first-order valence-electron chi connectivity index (χ1n) is 7.63. The molecule has 0 aliphatic rings. The van der Waals surface area contributed by atoms with E-state index in [9.17, 15) is 4.79 Å². The minimum Gasteiger partial charge on any atom is -0.469 e. The molecule has 2 rings (SSSR count). The fraction of sp³-hybridized carbons (Fsp3) is 0.412. The molecule has 0 N–H and O–H groups in total. The van der Waals surface area contributed by atoms with Crippen molar-refractivity contribution in [2.24, 2.45) is 0 Å². The Morgan fingerprint density at radius 3 is 2.87 bits per heavy atom. The molecular weight excluding hydrogens is 332 g/mol. The highest BCUT2D eigenvalue weighted by molar-refractivity contribution is 7.99. The first-order chi connectivity index (χ1) is 11.2. The van der Waals surface area contributed by atoms with E-state index in [2.05, 4.69) is 16.5 Å². The third kappa shape index (κ3) is 5.01. The lowest BCUT2D eigenvalue weighted by Crippen LogP contribution is -2.12. The molecule has 0 aliphatic carbocycles. The van der Waals surface area contributed by atoms with Gasteiger partial charge >= 0.3 is 5.97 Å². The lowest BCUT2D eigenvalue weighted by atomic mass is 10.1. The van der Waals surface area contributed by atoms with Crippen LogP contribution in [0.1, 0.15) is 24.6 Å². The van der Waals surface area contributed by atoms with Gasteiger partial charge < -0.3 is 9.30 Å². The molecule has 4 nitrogen and oxygen atoms in total. The van der Waals surface area contributed by atoms with Gasteiger partial charge in [0.15, 0.2) is 5.16 Å². The molecule has 0 fully saturated rings. The predicted molar refractivity (Wildman–Crippen MR) is 94.1 cm³/mol. The molecule has 23 heavy (non-hydrogen) atoms. The van der Waals surface area contributed by atoms with E-state index in [0.29, 0.717) is 0 Å². The largest absolute Gasteiger partial charge is 0.469 e. The normalized spacial score (nSPS) is 10.7. The zero-order valence-electron chi connectivity index (χ0n) is 13.4. The number of esters is 1. The molecule has 1 aromatic heterocycles. The van der Waals surface area contributed by atoms with Crippen LogP contribution < -0.4 is 0 Å². The Balaban J connectivity index is 2.17. The van der Waals surface area contributed by atoms with Crippen LogP contribution in [0.5, 0.6) is 0 Å². The number of aryl methyl sites for hydroxylation is 1. The lowest BCUT2D eigenvalue weighted by molar-refractivity contribution is -0.139. The summed E-state index contributed by atoms with van der Waals surface area (Å²) in [7, 11) is 1.40. The van der Waals surface area contributed by atoms with E-state index in [-0.39, 0.29) is 12.4 Å². The number of methoxy groups -OCH3 is 1. The van der Waals surface area contributed by atoms with Crippen LogP contribution in [0.25, 0.3) is 0 Å². The third-order valence-corrected chi connectivity index (χ3v) is 5.02. The second-order valence-electron chi connectivity index (χ2n) is 5.13. The van der Waals surface area contributed by atoms with Crippen LogP contribution >= 0.6 is 23.4 Å². The standard InChI is InChI=1S/C17H21ClN2O2S/c1-3-10-23-17-19-12-14(11-16(21)22-2)20(17)9-8-13-6-4-5-7-15(13)18/h4-7,12H,3,8-11H2,1-2H3. The Hall–Kier alpha value is -1.46. The molecule has 0 aliphatic heterocycles. The van der Waals surface area contributed by atoms with Gasteiger partial charge in [0, 0.05) is 29.2 Å². The van der Waals surface area contributed by atoms with Crippen LogP contribution in [-0.2, 0) is 28.9 Å². The zero-order chi connectivity index (χ0) is 16.7. The highest BCUT2D eigenvalue weighted by atomic mass is 35.5. The van der Waals surface area contributed by atoms with Gasteiger partial charge in [0.05, 0.1) is 13.5 Å². The molecule has 0 spiro atoms. The van der Waals surface area contributed by atoms with Gasteiger partial charge in [-0.15, -0.1) is 0 Å². The molecule has 0 saturated carbocycles. The van der Waals surface area contributed by atoms with Crippen molar-refractivity contribution in [2.45, 2.75) is 37.9 Å². The number of hydrogen-bond acceptors (Lipinski definition) is 4. The number of nitrogens with zero attached hydrogens (tertiary/aromatic N) is 2. The van der Waals surface area contributed by atoms with Gasteiger partial charge in [-0.25, -0.2) is 4.98 Å². The van der Waals surface area contributed by atoms with Crippen molar-refractivity contribution in [3.05, 3.63) is 46.7 Å². The Labute approximate surface area is 146 Å². The molecule has 6 heteroatoms. The van der Waals surface area contributed by atoms with Crippen LogP contribution in [0.15, 0.2) is 35.6 Å². The first-order valence-corrected chi connectivity index (χ1v) is 8.99. The van der Waals surface area contributed by atoms with Gasteiger partial charge in [0.1, 0.15) is 0 Å². The highest BCUT2D eigenvalue weighted by Gasteiger charge is 2.14. The van der Waals surface area contributed by atoms with Gasteiger partial charge in [-0.05, 0) is 24.5 Å². The lowest BCUT2D eigenvalue weighted by Gasteiger charge is -2.12. The predicted octanol–water partition coefficient (Wildman–Crippen LogP) is 4.00. The summed E-state index contributed by atoms with van der Waals surface area (Å²) in [6, 6.07) is 7.83. The van der Waals surface area contributed by atoms with Gasteiger partial charge in [0.25, 0.3) is 0 Å². The number of carbonyl (C=O) groups is 1. The molecule has 0 radical (unpaired) electrons. The monoisotopic (exact) mass is 352 g/mol. The Kier molecular flexibility index (Phi) is 6.99. The van der Waals surface area contributed by atoms with Crippen LogP contribution in [-0.4, -0.2) is 28.4 Å². The smallest absolute Gasteiger partial charge is 0.311 e. The number of imidazole rings is 1. The summed E-state index contributed by atoms with van der Waals surface area (Å²) >= 11 is 7.94. The Morgan fingerprint density at radius 2 is 2.17 bits per heavy atom. The number of hydrogen-bond donors (Lipinski definition) is 0. The van der Waals surface area contributed by atoms with E-state index in [1.54, 1.807) is 18.0 Å². The summed E-state index contributed by atoms with van der Waals surface area (Å²) in [5.41, 5.74) is 1.97. The van der Waals surface area contributed by atoms with E-state index >= 15 is 0 Å². The summed E-state index contributed by atoms with van der Waals surface area (Å²) in [4.78, 5) is 16.1. The summed E-state index contributed by atoms with van der Waals surface area (Å²) in [6.07, 6.45) is 3.87. The highest BCUT2D eigenvalue weighted by Crippen LogP contribution is 2.22. The maximum Gasteiger partial charge on any atom is 0.311 e. The topological polar surface area (TPSA) is 44.1 Å². The fourth-order valence-electron chi connectivity index (χ4n) is 2.23. The van der Waals surface area contributed by atoms with E-state index in [1.165, 1.54) is 7.11 Å². The number of benzene rings is 1. The van der Waals surface area contributed by atoms with Crippen molar-refractivity contribution in [1.82, 2.24) is 9.55 Å². The molecule has 0 bridgehead atoms. The number of ether oxygens (including phenoxy) is 1. The number of aromatic nitrogens is 2. The van der Waals surface area contributed by atoms with Crippen molar-refractivity contribution in [1.29, 1.82) is 0 Å². The first kappa shape index (κ1) is 17.9. The van der Waals surface area contributed by atoms with Crippen molar-refractivity contribution >= 4 is 29.3 Å². The van der Waals surface area contributed by atoms with Crippen LogP contribution in [0.4, 0.5) is 0 Å². The van der Waals surface area contributed by atoms with E-state index in [4.69, 9.17) is 16.3 Å². The van der Waals surface area contributed by atoms with Crippen LogP contribution in [0.3, 0.4) is 0 Å². The molecule has 0 unspecified atom stereocenters.